The van der Waals surface area contributed by atoms with Gasteiger partial charge in [0, 0.05) is 6.07 Å². The fourth-order valence-corrected chi connectivity index (χ4v) is 3.17. The Morgan fingerprint density at radius 1 is 1.23 bits per heavy atom. The van der Waals surface area contributed by atoms with Crippen LogP contribution in [0.2, 0.25) is 0 Å². The van der Waals surface area contributed by atoms with Crippen molar-refractivity contribution in [3.05, 3.63) is 64.8 Å². The Morgan fingerprint density at radius 2 is 1.96 bits per heavy atom. The van der Waals surface area contributed by atoms with E-state index >= 15 is 0 Å². The van der Waals surface area contributed by atoms with E-state index < -0.39 is 23.9 Å². The highest BCUT2D eigenvalue weighted by atomic mass is 32.2. The Bertz CT molecular complexity index is 952. The van der Waals surface area contributed by atoms with Gasteiger partial charge in [0.2, 0.25) is 5.43 Å². The lowest BCUT2D eigenvalue weighted by Crippen LogP contribution is -2.19. The lowest BCUT2D eigenvalue weighted by atomic mass is 10.2. The first-order valence-corrected chi connectivity index (χ1v) is 8.43. The standard InChI is InChI=1S/C17H13F3N2O3S/c18-17(19,20)10-22-13(11-4-2-1-3-5-11)7-21-16(22)26-9-12-6-14(23)15(24)8-25-12/h1-8,24H,9-10H2. The Hall–Kier alpha value is -2.68. The summed E-state index contributed by atoms with van der Waals surface area (Å²) >= 11 is 1.01. The minimum atomic E-state index is -4.41. The van der Waals surface area contributed by atoms with Crippen molar-refractivity contribution in [3.63, 3.8) is 0 Å². The Morgan fingerprint density at radius 3 is 2.62 bits per heavy atom. The lowest BCUT2D eigenvalue weighted by molar-refractivity contribution is -0.141. The van der Waals surface area contributed by atoms with Gasteiger partial charge >= 0.3 is 6.18 Å². The lowest BCUT2D eigenvalue weighted by Gasteiger charge is -2.14. The average molecular weight is 382 g/mol. The van der Waals surface area contributed by atoms with Crippen LogP contribution in [0.1, 0.15) is 5.76 Å². The number of hydrogen-bond acceptors (Lipinski definition) is 5. The zero-order chi connectivity index (χ0) is 18.7. The van der Waals surface area contributed by atoms with E-state index in [-0.39, 0.29) is 16.7 Å². The number of alkyl halides is 3. The van der Waals surface area contributed by atoms with E-state index in [1.807, 2.05) is 0 Å². The van der Waals surface area contributed by atoms with Crippen molar-refractivity contribution in [1.82, 2.24) is 9.55 Å². The minimum absolute atomic E-state index is 0.0959. The van der Waals surface area contributed by atoms with E-state index in [0.29, 0.717) is 11.3 Å². The van der Waals surface area contributed by atoms with Crippen LogP contribution in [-0.2, 0) is 12.3 Å². The highest BCUT2D eigenvalue weighted by molar-refractivity contribution is 7.98. The van der Waals surface area contributed by atoms with Gasteiger partial charge in [-0.2, -0.15) is 13.2 Å². The Kier molecular flexibility index (Phi) is 5.08. The molecule has 0 atom stereocenters. The van der Waals surface area contributed by atoms with Gasteiger partial charge in [0.15, 0.2) is 10.9 Å². The predicted molar refractivity (Wildman–Crippen MR) is 89.9 cm³/mol. The number of hydrogen-bond donors (Lipinski definition) is 1. The molecule has 0 amide bonds. The third-order valence-electron chi connectivity index (χ3n) is 3.44. The molecule has 1 N–H and O–H groups in total. The topological polar surface area (TPSA) is 68.3 Å². The smallest absolute Gasteiger partial charge is 0.406 e. The van der Waals surface area contributed by atoms with Crippen molar-refractivity contribution in [1.29, 1.82) is 0 Å². The molecule has 0 saturated heterocycles. The summed E-state index contributed by atoms with van der Waals surface area (Å²) in [5.74, 6) is -0.206. The molecule has 26 heavy (non-hydrogen) atoms. The summed E-state index contributed by atoms with van der Waals surface area (Å²) in [6, 6.07) is 9.75. The van der Waals surface area contributed by atoms with Gasteiger partial charge in [0.25, 0.3) is 0 Å². The summed E-state index contributed by atoms with van der Waals surface area (Å²) in [6.45, 7) is -1.18. The monoisotopic (exact) mass is 382 g/mol. The van der Waals surface area contributed by atoms with Crippen LogP contribution in [0.5, 0.6) is 5.75 Å². The molecule has 2 aromatic heterocycles. The van der Waals surface area contributed by atoms with E-state index in [1.165, 1.54) is 6.20 Å². The molecule has 0 radical (unpaired) electrons. The van der Waals surface area contributed by atoms with Crippen molar-refractivity contribution in [2.45, 2.75) is 23.6 Å². The molecule has 9 heteroatoms. The van der Waals surface area contributed by atoms with Crippen LogP contribution in [0.3, 0.4) is 0 Å². The Balaban J connectivity index is 1.89. The van der Waals surface area contributed by atoms with Crippen molar-refractivity contribution in [3.8, 4) is 17.0 Å². The van der Waals surface area contributed by atoms with Gasteiger partial charge in [-0.05, 0) is 5.56 Å². The van der Waals surface area contributed by atoms with Gasteiger partial charge < -0.3 is 14.1 Å². The second-order valence-corrected chi connectivity index (χ2v) is 6.32. The van der Waals surface area contributed by atoms with Crippen molar-refractivity contribution in [2.24, 2.45) is 0 Å². The Labute approximate surface area is 150 Å². The van der Waals surface area contributed by atoms with E-state index in [9.17, 15) is 23.1 Å². The van der Waals surface area contributed by atoms with E-state index in [0.717, 1.165) is 28.7 Å². The molecular weight excluding hydrogens is 369 g/mol. The molecule has 136 valence electrons. The van der Waals surface area contributed by atoms with Crippen molar-refractivity contribution >= 4 is 11.8 Å². The van der Waals surface area contributed by atoms with Gasteiger partial charge in [0.1, 0.15) is 18.6 Å². The van der Waals surface area contributed by atoms with E-state index in [2.05, 4.69) is 4.98 Å². The molecule has 3 rings (SSSR count). The van der Waals surface area contributed by atoms with Crippen LogP contribution in [0.25, 0.3) is 11.3 Å². The van der Waals surface area contributed by atoms with Crippen molar-refractivity contribution in [2.75, 3.05) is 0 Å². The van der Waals surface area contributed by atoms with Gasteiger partial charge in [0.05, 0.1) is 17.6 Å². The number of aromatic hydroxyl groups is 1. The maximum atomic E-state index is 13.0. The molecule has 3 aromatic rings. The summed E-state index contributed by atoms with van der Waals surface area (Å²) in [7, 11) is 0. The zero-order valence-electron chi connectivity index (χ0n) is 13.2. The van der Waals surface area contributed by atoms with Crippen LogP contribution in [-0.4, -0.2) is 20.8 Å². The van der Waals surface area contributed by atoms with Crippen LogP contribution in [0, 0.1) is 0 Å². The van der Waals surface area contributed by atoms with Gasteiger partial charge in [-0.1, -0.05) is 42.1 Å². The summed E-state index contributed by atoms with van der Waals surface area (Å²) in [4.78, 5) is 15.5. The maximum absolute atomic E-state index is 13.0. The number of rotatable bonds is 5. The zero-order valence-corrected chi connectivity index (χ0v) is 14.0. The second-order valence-electron chi connectivity index (χ2n) is 5.38. The van der Waals surface area contributed by atoms with E-state index in [1.54, 1.807) is 30.3 Å². The first kappa shape index (κ1) is 18.1. The fraction of sp³-hybridized carbons (Fsp3) is 0.176. The number of benzene rings is 1. The average Bonchev–Trinajstić information content (AvgIpc) is 2.97. The third kappa shape index (κ3) is 4.29. The fourth-order valence-electron chi connectivity index (χ4n) is 2.30. The molecule has 0 unspecified atom stereocenters. The molecule has 0 aliphatic carbocycles. The summed E-state index contributed by atoms with van der Waals surface area (Å²) in [5.41, 5.74) is 0.348. The first-order valence-electron chi connectivity index (χ1n) is 7.45. The molecule has 0 aliphatic rings. The van der Waals surface area contributed by atoms with Gasteiger partial charge in [-0.25, -0.2) is 4.98 Å². The normalized spacial score (nSPS) is 11.7. The number of imidazole rings is 1. The quantitative estimate of drug-likeness (QED) is 0.674. The number of thioether (sulfide) groups is 1. The van der Waals surface area contributed by atoms with E-state index in [4.69, 9.17) is 4.42 Å². The molecule has 0 aliphatic heterocycles. The number of nitrogens with zero attached hydrogens (tertiary/aromatic N) is 2. The van der Waals surface area contributed by atoms with Crippen LogP contribution >= 0.6 is 11.8 Å². The molecule has 5 nitrogen and oxygen atoms in total. The van der Waals surface area contributed by atoms with Gasteiger partial charge in [-0.3, -0.25) is 4.79 Å². The number of aromatic nitrogens is 2. The van der Waals surface area contributed by atoms with Crippen LogP contribution in [0.15, 0.2) is 63.2 Å². The molecule has 0 bridgehead atoms. The summed E-state index contributed by atoms with van der Waals surface area (Å²) < 4.78 is 45.2. The molecule has 0 fully saturated rings. The molecular formula is C17H13F3N2O3S. The van der Waals surface area contributed by atoms with Crippen molar-refractivity contribution < 1.29 is 22.7 Å². The molecule has 1 aromatic carbocycles. The SMILES string of the molecule is O=c1cc(CSc2ncc(-c3ccccc3)n2CC(F)(F)F)occ1O. The maximum Gasteiger partial charge on any atom is 0.406 e. The second kappa shape index (κ2) is 7.28. The largest absolute Gasteiger partial charge is 0.502 e. The third-order valence-corrected chi connectivity index (χ3v) is 4.45. The highest BCUT2D eigenvalue weighted by Crippen LogP contribution is 2.31. The van der Waals surface area contributed by atoms with Gasteiger partial charge in [-0.15, -0.1) is 0 Å². The first-order chi connectivity index (χ1) is 12.3. The number of halogens is 3. The van der Waals surface area contributed by atoms with Crippen LogP contribution < -0.4 is 5.43 Å². The molecule has 0 spiro atoms. The van der Waals surface area contributed by atoms with Crippen LogP contribution in [0.4, 0.5) is 13.2 Å². The summed E-state index contributed by atoms with van der Waals surface area (Å²) in [5, 5.41) is 9.33. The highest BCUT2D eigenvalue weighted by Gasteiger charge is 2.30. The minimum Gasteiger partial charge on any atom is -0.502 e. The predicted octanol–water partition coefficient (Wildman–Crippen LogP) is 4.06. The molecule has 2 heterocycles. The molecule has 0 saturated carbocycles. The summed E-state index contributed by atoms with van der Waals surface area (Å²) in [6.07, 6.45) is -2.13.